The summed E-state index contributed by atoms with van der Waals surface area (Å²) >= 11 is 0. The zero-order valence-corrected chi connectivity index (χ0v) is 9.48. The molecule has 1 rings (SSSR count). The van der Waals surface area contributed by atoms with Crippen LogP contribution in [-0.4, -0.2) is 29.6 Å². The Balaban J connectivity index is 2.73. The second-order valence-corrected chi connectivity index (χ2v) is 3.49. The van der Waals surface area contributed by atoms with E-state index >= 15 is 0 Å². The van der Waals surface area contributed by atoms with Gasteiger partial charge in [-0.2, -0.15) is 0 Å². The highest BCUT2D eigenvalue weighted by atomic mass is 16.5. The molecule has 0 saturated heterocycles. The maximum absolute atomic E-state index is 11.7. The zero-order chi connectivity index (χ0) is 12.3. The van der Waals surface area contributed by atoms with Crippen molar-refractivity contribution in [2.24, 2.45) is 7.05 Å². The Kier molecular flexibility index (Phi) is 3.55. The van der Waals surface area contributed by atoms with E-state index in [1.54, 1.807) is 30.8 Å². The number of anilines is 1. The van der Waals surface area contributed by atoms with Gasteiger partial charge in [-0.15, -0.1) is 0 Å². The minimum atomic E-state index is -0.686. The standard InChI is InChI=1S/C10H15N3O3/c1-6(10(15)16-3)12-9(14)8-4-7(11)5-13(8)2/h4-6H,11H2,1-3H3,(H,12,14). The number of carbonyl (C=O) groups is 2. The van der Waals surface area contributed by atoms with Gasteiger partial charge < -0.3 is 20.4 Å². The number of nitrogens with zero attached hydrogens (tertiary/aromatic N) is 1. The minimum absolute atomic E-state index is 0.364. The third-order valence-corrected chi connectivity index (χ3v) is 2.16. The first-order valence-corrected chi connectivity index (χ1v) is 4.76. The van der Waals surface area contributed by atoms with Crippen LogP contribution in [0.15, 0.2) is 12.3 Å². The van der Waals surface area contributed by atoms with Crippen molar-refractivity contribution in [2.75, 3.05) is 12.8 Å². The number of hydrogen-bond acceptors (Lipinski definition) is 4. The van der Waals surface area contributed by atoms with E-state index in [9.17, 15) is 9.59 Å². The number of ether oxygens (including phenoxy) is 1. The van der Waals surface area contributed by atoms with Crippen LogP contribution in [0, 0.1) is 0 Å². The molecule has 16 heavy (non-hydrogen) atoms. The molecule has 88 valence electrons. The molecule has 0 aliphatic rings. The second-order valence-electron chi connectivity index (χ2n) is 3.49. The molecule has 0 saturated carbocycles. The highest BCUT2D eigenvalue weighted by Gasteiger charge is 2.18. The number of nitrogen functional groups attached to an aromatic ring is 1. The lowest BCUT2D eigenvalue weighted by Crippen LogP contribution is -2.39. The summed E-state index contributed by atoms with van der Waals surface area (Å²) in [5, 5.41) is 2.51. The highest BCUT2D eigenvalue weighted by molar-refractivity contribution is 5.96. The van der Waals surface area contributed by atoms with Crippen molar-refractivity contribution in [2.45, 2.75) is 13.0 Å². The van der Waals surface area contributed by atoms with Gasteiger partial charge in [0.05, 0.1) is 12.8 Å². The first-order chi connectivity index (χ1) is 7.45. The fraction of sp³-hybridized carbons (Fsp3) is 0.400. The fourth-order valence-electron chi connectivity index (χ4n) is 1.32. The van der Waals surface area contributed by atoms with Crippen molar-refractivity contribution in [1.29, 1.82) is 0 Å². The molecule has 6 nitrogen and oxygen atoms in total. The van der Waals surface area contributed by atoms with Crippen molar-refractivity contribution in [3.63, 3.8) is 0 Å². The van der Waals surface area contributed by atoms with Crippen molar-refractivity contribution >= 4 is 17.6 Å². The smallest absolute Gasteiger partial charge is 0.328 e. The number of nitrogens with two attached hydrogens (primary N) is 1. The molecule has 3 N–H and O–H groups in total. The van der Waals surface area contributed by atoms with Gasteiger partial charge in [0.25, 0.3) is 5.91 Å². The second kappa shape index (κ2) is 4.69. The van der Waals surface area contributed by atoms with E-state index in [1.165, 1.54) is 7.11 Å². The Bertz CT molecular complexity index is 411. The predicted octanol–water partition coefficient (Wildman–Crippen LogP) is -0.101. The van der Waals surface area contributed by atoms with Crippen molar-refractivity contribution < 1.29 is 14.3 Å². The SMILES string of the molecule is COC(=O)C(C)NC(=O)c1cc(N)cn1C. The summed E-state index contributed by atoms with van der Waals surface area (Å²) in [5.74, 6) is -0.854. The number of amides is 1. The molecule has 1 heterocycles. The van der Waals surface area contributed by atoms with Gasteiger partial charge >= 0.3 is 5.97 Å². The summed E-state index contributed by atoms with van der Waals surface area (Å²) in [4.78, 5) is 22.8. The molecule has 0 bridgehead atoms. The number of carbonyl (C=O) groups excluding carboxylic acids is 2. The van der Waals surface area contributed by atoms with Crippen LogP contribution in [0.2, 0.25) is 0 Å². The average molecular weight is 225 g/mol. The lowest BCUT2D eigenvalue weighted by Gasteiger charge is -2.11. The minimum Gasteiger partial charge on any atom is -0.467 e. The quantitative estimate of drug-likeness (QED) is 0.703. The van der Waals surface area contributed by atoms with Gasteiger partial charge in [0.1, 0.15) is 11.7 Å². The molecule has 0 radical (unpaired) electrons. The molecule has 0 spiro atoms. The van der Waals surface area contributed by atoms with Gasteiger partial charge in [0.15, 0.2) is 0 Å². The van der Waals surface area contributed by atoms with Gasteiger partial charge in [0, 0.05) is 13.2 Å². The topological polar surface area (TPSA) is 86.3 Å². The fourth-order valence-corrected chi connectivity index (χ4v) is 1.32. The van der Waals surface area contributed by atoms with E-state index in [1.807, 2.05) is 0 Å². The van der Waals surface area contributed by atoms with E-state index in [0.29, 0.717) is 11.4 Å². The largest absolute Gasteiger partial charge is 0.467 e. The maximum atomic E-state index is 11.7. The molecule has 1 aromatic heterocycles. The number of aryl methyl sites for hydroxylation is 1. The summed E-state index contributed by atoms with van der Waals surface area (Å²) in [5.41, 5.74) is 6.44. The highest BCUT2D eigenvalue weighted by Crippen LogP contribution is 2.08. The number of methoxy groups -OCH3 is 1. The van der Waals surface area contributed by atoms with E-state index in [0.717, 1.165) is 0 Å². The first-order valence-electron chi connectivity index (χ1n) is 4.76. The lowest BCUT2D eigenvalue weighted by molar-refractivity contribution is -0.142. The Morgan fingerprint density at radius 2 is 2.19 bits per heavy atom. The van der Waals surface area contributed by atoms with Gasteiger partial charge in [-0.25, -0.2) is 4.79 Å². The molecule has 1 aromatic rings. The molecule has 0 aliphatic carbocycles. The van der Waals surface area contributed by atoms with Crippen LogP contribution in [0.3, 0.4) is 0 Å². The summed E-state index contributed by atoms with van der Waals surface area (Å²) < 4.78 is 6.09. The number of hydrogen-bond donors (Lipinski definition) is 2. The summed E-state index contributed by atoms with van der Waals surface area (Å²) in [6.07, 6.45) is 1.62. The first kappa shape index (κ1) is 12.1. The number of nitrogens with one attached hydrogen (secondary N) is 1. The van der Waals surface area contributed by atoms with Crippen molar-refractivity contribution in [3.8, 4) is 0 Å². The van der Waals surface area contributed by atoms with Gasteiger partial charge in [-0.05, 0) is 13.0 Å². The molecular weight excluding hydrogens is 210 g/mol. The van der Waals surface area contributed by atoms with E-state index in [2.05, 4.69) is 10.1 Å². The summed E-state index contributed by atoms with van der Waals surface area (Å²) in [6.45, 7) is 1.55. The molecule has 1 atom stereocenters. The third kappa shape index (κ3) is 2.53. The summed E-state index contributed by atoms with van der Waals surface area (Å²) in [7, 11) is 2.97. The van der Waals surface area contributed by atoms with Crippen LogP contribution < -0.4 is 11.1 Å². The van der Waals surface area contributed by atoms with Crippen LogP contribution in [0.5, 0.6) is 0 Å². The van der Waals surface area contributed by atoms with E-state index < -0.39 is 12.0 Å². The Morgan fingerprint density at radius 3 is 2.62 bits per heavy atom. The Morgan fingerprint density at radius 1 is 1.56 bits per heavy atom. The number of rotatable bonds is 3. The average Bonchev–Trinajstić information content (AvgIpc) is 2.56. The zero-order valence-electron chi connectivity index (χ0n) is 9.48. The predicted molar refractivity (Wildman–Crippen MR) is 58.8 cm³/mol. The third-order valence-electron chi connectivity index (χ3n) is 2.16. The van der Waals surface area contributed by atoms with Gasteiger partial charge in [-0.3, -0.25) is 4.79 Å². The van der Waals surface area contributed by atoms with Gasteiger partial charge in [0.2, 0.25) is 0 Å². The van der Waals surface area contributed by atoms with Gasteiger partial charge in [-0.1, -0.05) is 0 Å². The Labute approximate surface area is 93.4 Å². The van der Waals surface area contributed by atoms with Crippen LogP contribution in [0.1, 0.15) is 17.4 Å². The van der Waals surface area contributed by atoms with Crippen molar-refractivity contribution in [1.82, 2.24) is 9.88 Å². The number of esters is 1. The molecule has 6 heteroatoms. The maximum Gasteiger partial charge on any atom is 0.328 e. The molecule has 0 fully saturated rings. The van der Waals surface area contributed by atoms with E-state index in [4.69, 9.17) is 5.73 Å². The van der Waals surface area contributed by atoms with Crippen LogP contribution in [0.25, 0.3) is 0 Å². The molecular formula is C10H15N3O3. The lowest BCUT2D eigenvalue weighted by atomic mass is 10.3. The molecule has 1 unspecified atom stereocenters. The Hall–Kier alpha value is -1.98. The van der Waals surface area contributed by atoms with Crippen LogP contribution in [-0.2, 0) is 16.6 Å². The monoisotopic (exact) mass is 225 g/mol. The normalized spacial score (nSPS) is 11.9. The van der Waals surface area contributed by atoms with E-state index in [-0.39, 0.29) is 5.91 Å². The van der Waals surface area contributed by atoms with Crippen molar-refractivity contribution in [3.05, 3.63) is 18.0 Å². The molecule has 0 aromatic carbocycles. The number of aromatic nitrogens is 1. The molecule has 1 amide bonds. The molecule has 0 aliphatic heterocycles. The van der Waals surface area contributed by atoms with Crippen LogP contribution >= 0.6 is 0 Å². The van der Waals surface area contributed by atoms with Crippen LogP contribution in [0.4, 0.5) is 5.69 Å². The summed E-state index contributed by atoms with van der Waals surface area (Å²) in [6, 6.07) is 0.855.